The summed E-state index contributed by atoms with van der Waals surface area (Å²) >= 11 is 0. The molecular weight excluding hydrogens is 338 g/mol. The van der Waals surface area contributed by atoms with Gasteiger partial charge in [-0.3, -0.25) is 4.79 Å². The SMILES string of the molecule is O=C1CCC2c3ccc(OC4CCN(C5CCCCC5)CC4)nc3CCN12. The van der Waals surface area contributed by atoms with Gasteiger partial charge < -0.3 is 14.5 Å². The van der Waals surface area contributed by atoms with Crippen molar-refractivity contribution < 1.29 is 9.53 Å². The average molecular weight is 370 g/mol. The fraction of sp³-hybridized carbons (Fsp3) is 0.727. The van der Waals surface area contributed by atoms with E-state index >= 15 is 0 Å². The number of amides is 1. The van der Waals surface area contributed by atoms with Gasteiger partial charge in [0.2, 0.25) is 11.8 Å². The van der Waals surface area contributed by atoms with Crippen LogP contribution in [0.4, 0.5) is 0 Å². The summed E-state index contributed by atoms with van der Waals surface area (Å²) in [5.74, 6) is 1.08. The topological polar surface area (TPSA) is 45.7 Å². The van der Waals surface area contributed by atoms with E-state index in [1.165, 1.54) is 50.8 Å². The Labute approximate surface area is 162 Å². The van der Waals surface area contributed by atoms with E-state index in [1.54, 1.807) is 0 Å². The van der Waals surface area contributed by atoms with Gasteiger partial charge in [0.1, 0.15) is 6.10 Å². The van der Waals surface area contributed by atoms with Crippen molar-refractivity contribution in [3.63, 3.8) is 0 Å². The lowest BCUT2D eigenvalue weighted by atomic mass is 9.92. The summed E-state index contributed by atoms with van der Waals surface area (Å²) in [6.45, 7) is 3.14. The molecule has 3 fully saturated rings. The lowest BCUT2D eigenvalue weighted by Crippen LogP contribution is -2.44. The molecule has 2 saturated heterocycles. The number of piperidine rings is 1. The third kappa shape index (κ3) is 3.46. The first-order valence-electron chi connectivity index (χ1n) is 11.0. The third-order valence-corrected chi connectivity index (χ3v) is 7.12. The summed E-state index contributed by atoms with van der Waals surface area (Å²) < 4.78 is 6.27. The molecule has 0 radical (unpaired) electrons. The highest BCUT2D eigenvalue weighted by atomic mass is 16.5. The first-order chi connectivity index (χ1) is 13.3. The fourth-order valence-electron chi connectivity index (χ4n) is 5.60. The van der Waals surface area contributed by atoms with E-state index < -0.39 is 0 Å². The van der Waals surface area contributed by atoms with Gasteiger partial charge in [-0.15, -0.1) is 0 Å². The van der Waals surface area contributed by atoms with Gasteiger partial charge in [0.05, 0.1) is 11.7 Å². The van der Waals surface area contributed by atoms with Crippen molar-refractivity contribution in [2.75, 3.05) is 19.6 Å². The molecule has 1 saturated carbocycles. The number of hydrogen-bond acceptors (Lipinski definition) is 4. The van der Waals surface area contributed by atoms with Crippen molar-refractivity contribution in [3.8, 4) is 5.88 Å². The van der Waals surface area contributed by atoms with E-state index in [0.29, 0.717) is 18.4 Å². The van der Waals surface area contributed by atoms with E-state index in [1.807, 2.05) is 11.0 Å². The zero-order chi connectivity index (χ0) is 18.2. The van der Waals surface area contributed by atoms with E-state index in [4.69, 9.17) is 9.72 Å². The van der Waals surface area contributed by atoms with Crippen molar-refractivity contribution >= 4 is 5.91 Å². The second kappa shape index (κ2) is 7.42. The summed E-state index contributed by atoms with van der Waals surface area (Å²) in [5.41, 5.74) is 2.38. The Balaban J connectivity index is 1.19. The molecule has 1 aromatic rings. The van der Waals surface area contributed by atoms with Gasteiger partial charge in [-0.2, -0.15) is 0 Å². The van der Waals surface area contributed by atoms with Crippen LogP contribution in [0.2, 0.25) is 0 Å². The number of likely N-dealkylation sites (tertiary alicyclic amines) is 1. The van der Waals surface area contributed by atoms with Crippen molar-refractivity contribution in [3.05, 3.63) is 23.4 Å². The predicted molar refractivity (Wildman–Crippen MR) is 104 cm³/mol. The summed E-state index contributed by atoms with van der Waals surface area (Å²) in [6.07, 6.45) is 12.0. The number of fused-ring (bicyclic) bond motifs is 3. The number of nitrogens with zero attached hydrogens (tertiary/aromatic N) is 3. The number of ether oxygens (including phenoxy) is 1. The van der Waals surface area contributed by atoms with E-state index in [0.717, 1.165) is 49.8 Å². The highest BCUT2D eigenvalue weighted by molar-refractivity contribution is 5.79. The molecule has 5 heteroatoms. The molecule has 3 aliphatic heterocycles. The Hall–Kier alpha value is -1.62. The Morgan fingerprint density at radius 2 is 1.74 bits per heavy atom. The van der Waals surface area contributed by atoms with Gasteiger partial charge in [-0.1, -0.05) is 19.3 Å². The van der Waals surface area contributed by atoms with E-state index in [2.05, 4.69) is 11.0 Å². The zero-order valence-corrected chi connectivity index (χ0v) is 16.2. The highest BCUT2D eigenvalue weighted by Gasteiger charge is 2.36. The largest absolute Gasteiger partial charge is 0.474 e. The Morgan fingerprint density at radius 1 is 0.926 bits per heavy atom. The minimum Gasteiger partial charge on any atom is -0.474 e. The Bertz CT molecular complexity index is 693. The highest BCUT2D eigenvalue weighted by Crippen LogP contribution is 2.38. The van der Waals surface area contributed by atoms with Crippen LogP contribution in [0.3, 0.4) is 0 Å². The normalized spacial score (nSPS) is 27.5. The van der Waals surface area contributed by atoms with E-state index in [-0.39, 0.29) is 6.04 Å². The first kappa shape index (κ1) is 17.5. The van der Waals surface area contributed by atoms with Crippen LogP contribution in [0.25, 0.3) is 0 Å². The molecule has 0 bridgehead atoms. The maximum Gasteiger partial charge on any atom is 0.223 e. The van der Waals surface area contributed by atoms with Gasteiger partial charge in [0.15, 0.2) is 0 Å². The molecule has 1 unspecified atom stereocenters. The second-order valence-electron chi connectivity index (χ2n) is 8.72. The molecule has 1 amide bonds. The number of hydrogen-bond donors (Lipinski definition) is 0. The van der Waals surface area contributed by atoms with Crippen LogP contribution >= 0.6 is 0 Å². The lowest BCUT2D eigenvalue weighted by molar-refractivity contribution is -0.129. The molecule has 27 heavy (non-hydrogen) atoms. The summed E-state index contributed by atoms with van der Waals surface area (Å²) in [4.78, 5) is 21.5. The fourth-order valence-corrected chi connectivity index (χ4v) is 5.60. The molecule has 0 N–H and O–H groups in total. The standard InChI is InChI=1S/C22H31N3O2/c26-22-9-7-20-18-6-8-21(23-19(18)12-15-25(20)22)27-17-10-13-24(14-11-17)16-4-2-1-3-5-16/h6,8,16-17,20H,1-5,7,9-15H2. The van der Waals surface area contributed by atoms with Crippen molar-refractivity contribution in [2.24, 2.45) is 0 Å². The first-order valence-corrected chi connectivity index (χ1v) is 11.0. The maximum atomic E-state index is 12.0. The molecule has 146 valence electrons. The van der Waals surface area contributed by atoms with Crippen LogP contribution in [0.5, 0.6) is 5.88 Å². The quantitative estimate of drug-likeness (QED) is 0.818. The molecule has 1 aliphatic carbocycles. The van der Waals surface area contributed by atoms with Gasteiger partial charge in [0, 0.05) is 44.6 Å². The number of aromatic nitrogens is 1. The number of pyridine rings is 1. The molecule has 5 rings (SSSR count). The molecule has 4 aliphatic rings. The number of rotatable bonds is 3. The number of carbonyl (C=O) groups excluding carboxylic acids is 1. The van der Waals surface area contributed by atoms with Crippen molar-refractivity contribution in [1.29, 1.82) is 0 Å². The molecule has 1 atom stereocenters. The molecule has 4 heterocycles. The molecule has 0 spiro atoms. The Kier molecular flexibility index (Phi) is 4.80. The minimum atomic E-state index is 0.251. The van der Waals surface area contributed by atoms with Crippen molar-refractivity contribution in [2.45, 2.75) is 82.4 Å². The lowest BCUT2D eigenvalue weighted by Gasteiger charge is -2.39. The zero-order valence-electron chi connectivity index (χ0n) is 16.2. The molecule has 5 nitrogen and oxygen atoms in total. The van der Waals surface area contributed by atoms with Crippen LogP contribution < -0.4 is 4.74 Å². The van der Waals surface area contributed by atoms with Gasteiger partial charge >= 0.3 is 0 Å². The van der Waals surface area contributed by atoms with Gasteiger partial charge in [0.25, 0.3) is 0 Å². The minimum absolute atomic E-state index is 0.251. The van der Waals surface area contributed by atoms with Crippen LogP contribution in [-0.4, -0.2) is 52.5 Å². The van der Waals surface area contributed by atoms with Crippen LogP contribution in [-0.2, 0) is 11.2 Å². The van der Waals surface area contributed by atoms with Crippen LogP contribution in [0.15, 0.2) is 12.1 Å². The molecular formula is C22H31N3O2. The molecule has 0 aromatic carbocycles. The molecule has 1 aromatic heterocycles. The average Bonchev–Trinajstić information content (AvgIpc) is 3.10. The summed E-state index contributed by atoms with van der Waals surface area (Å²) in [6, 6.07) is 5.25. The summed E-state index contributed by atoms with van der Waals surface area (Å²) in [5, 5.41) is 0. The monoisotopic (exact) mass is 369 g/mol. The smallest absolute Gasteiger partial charge is 0.223 e. The maximum absolute atomic E-state index is 12.0. The van der Waals surface area contributed by atoms with Crippen LogP contribution in [0, 0.1) is 0 Å². The van der Waals surface area contributed by atoms with Crippen molar-refractivity contribution in [1.82, 2.24) is 14.8 Å². The predicted octanol–water partition coefficient (Wildman–Crippen LogP) is 3.48. The second-order valence-corrected chi connectivity index (χ2v) is 8.72. The third-order valence-electron chi connectivity index (χ3n) is 7.12. The summed E-state index contributed by atoms with van der Waals surface area (Å²) in [7, 11) is 0. The van der Waals surface area contributed by atoms with Crippen LogP contribution in [0.1, 0.15) is 75.1 Å². The number of carbonyl (C=O) groups is 1. The van der Waals surface area contributed by atoms with Gasteiger partial charge in [-0.25, -0.2) is 4.98 Å². The Morgan fingerprint density at radius 3 is 2.56 bits per heavy atom. The van der Waals surface area contributed by atoms with E-state index in [9.17, 15) is 4.79 Å². The van der Waals surface area contributed by atoms with Gasteiger partial charge in [-0.05, 0) is 43.7 Å².